The van der Waals surface area contributed by atoms with Crippen molar-refractivity contribution in [3.05, 3.63) is 17.5 Å². The highest BCUT2D eigenvalue weighted by molar-refractivity contribution is 7.98. The molecule has 18 heavy (non-hydrogen) atoms. The van der Waals surface area contributed by atoms with Crippen LogP contribution in [0, 0.1) is 0 Å². The molecule has 2 heterocycles. The summed E-state index contributed by atoms with van der Waals surface area (Å²) in [5.74, 6) is 1.23. The van der Waals surface area contributed by atoms with Crippen LogP contribution in [0.15, 0.2) is 6.07 Å². The van der Waals surface area contributed by atoms with Crippen LogP contribution >= 0.6 is 11.8 Å². The second kappa shape index (κ2) is 6.59. The first-order valence-corrected chi connectivity index (χ1v) is 8.06. The van der Waals surface area contributed by atoms with Gasteiger partial charge in [-0.2, -0.15) is 16.9 Å². The van der Waals surface area contributed by atoms with E-state index in [4.69, 9.17) is 0 Å². The monoisotopic (exact) mass is 269 g/mol. The molecular weight excluding hydrogens is 246 g/mol. The van der Waals surface area contributed by atoms with Crippen molar-refractivity contribution in [2.45, 2.75) is 39.0 Å². The molecule has 4 nitrogen and oxygen atoms in total. The Hall–Kier alpha value is -0.520. The van der Waals surface area contributed by atoms with Gasteiger partial charge in [-0.05, 0) is 44.4 Å². The SMILES string of the molecule is CSCCCN1CCCn2nc(C(C)O)cc2C1. The summed E-state index contributed by atoms with van der Waals surface area (Å²) < 4.78 is 2.07. The van der Waals surface area contributed by atoms with Crippen molar-refractivity contribution < 1.29 is 5.11 Å². The maximum Gasteiger partial charge on any atom is 0.0950 e. The Morgan fingerprint density at radius 1 is 1.50 bits per heavy atom. The van der Waals surface area contributed by atoms with Crippen molar-refractivity contribution in [3.8, 4) is 0 Å². The van der Waals surface area contributed by atoms with Crippen LogP contribution in [0.25, 0.3) is 0 Å². The zero-order valence-corrected chi connectivity index (χ0v) is 12.1. The van der Waals surface area contributed by atoms with Gasteiger partial charge in [-0.1, -0.05) is 0 Å². The third kappa shape index (κ3) is 3.49. The molecule has 0 bridgehead atoms. The lowest BCUT2D eigenvalue weighted by Gasteiger charge is -2.18. The molecule has 2 rings (SSSR count). The van der Waals surface area contributed by atoms with Gasteiger partial charge in [0.25, 0.3) is 0 Å². The summed E-state index contributed by atoms with van der Waals surface area (Å²) in [4.78, 5) is 2.50. The number of aliphatic hydroxyl groups is 1. The zero-order chi connectivity index (χ0) is 13.0. The Balaban J connectivity index is 1.99. The maximum atomic E-state index is 9.59. The molecule has 0 amide bonds. The quantitative estimate of drug-likeness (QED) is 0.829. The first kappa shape index (κ1) is 13.9. The standard InChI is InChI=1S/C13H23N3OS/c1-11(17)13-9-12-10-15(6-4-8-18-2)5-3-7-16(12)14-13/h9,11,17H,3-8,10H2,1-2H3. The van der Waals surface area contributed by atoms with Crippen molar-refractivity contribution in [2.75, 3.05) is 25.1 Å². The second-order valence-corrected chi connectivity index (χ2v) is 5.92. The van der Waals surface area contributed by atoms with Gasteiger partial charge in [0, 0.05) is 19.6 Å². The third-order valence-electron chi connectivity index (χ3n) is 3.36. The maximum absolute atomic E-state index is 9.59. The van der Waals surface area contributed by atoms with Crippen LogP contribution in [0.2, 0.25) is 0 Å². The van der Waals surface area contributed by atoms with E-state index in [0.717, 1.165) is 38.3 Å². The molecule has 0 radical (unpaired) electrons. The molecule has 1 aromatic heterocycles. The Morgan fingerprint density at radius 3 is 3.06 bits per heavy atom. The van der Waals surface area contributed by atoms with Gasteiger partial charge in [0.05, 0.1) is 17.5 Å². The summed E-state index contributed by atoms with van der Waals surface area (Å²) in [5, 5.41) is 14.1. The van der Waals surface area contributed by atoms with E-state index < -0.39 is 6.10 Å². The number of rotatable bonds is 5. The van der Waals surface area contributed by atoms with Gasteiger partial charge < -0.3 is 5.11 Å². The summed E-state index contributed by atoms with van der Waals surface area (Å²) in [6.45, 7) is 6.03. The summed E-state index contributed by atoms with van der Waals surface area (Å²) in [7, 11) is 0. The first-order valence-electron chi connectivity index (χ1n) is 6.66. The highest BCUT2D eigenvalue weighted by Gasteiger charge is 2.17. The second-order valence-electron chi connectivity index (χ2n) is 4.94. The molecular formula is C13H23N3OS. The number of aromatic nitrogens is 2. The van der Waals surface area contributed by atoms with Gasteiger partial charge in [-0.25, -0.2) is 0 Å². The summed E-state index contributed by atoms with van der Waals surface area (Å²) >= 11 is 1.91. The summed E-state index contributed by atoms with van der Waals surface area (Å²) in [6.07, 6.45) is 4.09. The molecule has 1 unspecified atom stereocenters. The number of fused-ring (bicyclic) bond motifs is 1. The first-order chi connectivity index (χ1) is 8.70. The molecule has 1 aliphatic heterocycles. The number of thioether (sulfide) groups is 1. The normalized spacial score (nSPS) is 18.4. The van der Waals surface area contributed by atoms with E-state index in [1.54, 1.807) is 6.92 Å². The number of hydrogen-bond donors (Lipinski definition) is 1. The minimum Gasteiger partial charge on any atom is -0.387 e. The van der Waals surface area contributed by atoms with E-state index in [1.165, 1.54) is 17.9 Å². The van der Waals surface area contributed by atoms with E-state index in [0.29, 0.717) is 0 Å². The third-order valence-corrected chi connectivity index (χ3v) is 4.06. The van der Waals surface area contributed by atoms with Crippen molar-refractivity contribution in [1.82, 2.24) is 14.7 Å². The van der Waals surface area contributed by atoms with E-state index in [2.05, 4.69) is 27.0 Å². The molecule has 102 valence electrons. The molecule has 5 heteroatoms. The fraction of sp³-hybridized carbons (Fsp3) is 0.769. The smallest absolute Gasteiger partial charge is 0.0950 e. The van der Waals surface area contributed by atoms with Crippen LogP contribution < -0.4 is 0 Å². The van der Waals surface area contributed by atoms with Gasteiger partial charge >= 0.3 is 0 Å². The van der Waals surface area contributed by atoms with Crippen LogP contribution in [-0.2, 0) is 13.1 Å². The van der Waals surface area contributed by atoms with Gasteiger partial charge in [0.1, 0.15) is 0 Å². The lowest BCUT2D eigenvalue weighted by Crippen LogP contribution is -2.24. The van der Waals surface area contributed by atoms with Gasteiger partial charge in [0.2, 0.25) is 0 Å². The van der Waals surface area contributed by atoms with Crippen LogP contribution in [0.4, 0.5) is 0 Å². The molecule has 0 aliphatic carbocycles. The number of hydrogen-bond acceptors (Lipinski definition) is 4. The fourth-order valence-electron chi connectivity index (χ4n) is 2.38. The Labute approximate surface area is 113 Å². The van der Waals surface area contributed by atoms with Crippen molar-refractivity contribution in [3.63, 3.8) is 0 Å². The Bertz CT molecular complexity index is 378. The van der Waals surface area contributed by atoms with E-state index in [9.17, 15) is 5.11 Å². The van der Waals surface area contributed by atoms with Crippen LogP contribution in [0.3, 0.4) is 0 Å². The largest absolute Gasteiger partial charge is 0.387 e. The van der Waals surface area contributed by atoms with E-state index >= 15 is 0 Å². The average molecular weight is 269 g/mol. The Morgan fingerprint density at radius 2 is 2.33 bits per heavy atom. The summed E-state index contributed by atoms with van der Waals surface area (Å²) in [5.41, 5.74) is 2.04. The average Bonchev–Trinajstić information content (AvgIpc) is 2.64. The minimum absolute atomic E-state index is 0.464. The molecule has 0 saturated carbocycles. The highest BCUT2D eigenvalue weighted by Crippen LogP contribution is 2.18. The molecule has 0 spiro atoms. The summed E-state index contributed by atoms with van der Waals surface area (Å²) in [6, 6.07) is 2.05. The zero-order valence-electron chi connectivity index (χ0n) is 11.3. The van der Waals surface area contributed by atoms with Gasteiger partial charge in [-0.15, -0.1) is 0 Å². The van der Waals surface area contributed by atoms with Crippen molar-refractivity contribution in [2.24, 2.45) is 0 Å². The van der Waals surface area contributed by atoms with Crippen molar-refractivity contribution >= 4 is 11.8 Å². The lowest BCUT2D eigenvalue weighted by molar-refractivity contribution is 0.193. The minimum atomic E-state index is -0.464. The Kier molecular flexibility index (Phi) is 5.09. The molecule has 1 N–H and O–H groups in total. The predicted octanol–water partition coefficient (Wildman–Crippen LogP) is 1.90. The molecule has 1 atom stereocenters. The molecule has 0 aromatic carbocycles. The highest BCUT2D eigenvalue weighted by atomic mass is 32.2. The molecule has 0 saturated heterocycles. The number of aryl methyl sites for hydroxylation is 1. The lowest BCUT2D eigenvalue weighted by atomic mass is 10.2. The van der Waals surface area contributed by atoms with Crippen LogP contribution in [0.1, 0.15) is 37.3 Å². The van der Waals surface area contributed by atoms with Crippen LogP contribution in [0.5, 0.6) is 0 Å². The molecule has 1 aromatic rings. The van der Waals surface area contributed by atoms with Gasteiger partial charge in [-0.3, -0.25) is 9.58 Å². The van der Waals surface area contributed by atoms with Crippen LogP contribution in [-0.4, -0.2) is 44.9 Å². The fourth-order valence-corrected chi connectivity index (χ4v) is 2.80. The topological polar surface area (TPSA) is 41.3 Å². The van der Waals surface area contributed by atoms with Crippen molar-refractivity contribution in [1.29, 1.82) is 0 Å². The van der Waals surface area contributed by atoms with Gasteiger partial charge in [0.15, 0.2) is 0 Å². The number of nitrogens with zero attached hydrogens (tertiary/aromatic N) is 3. The molecule has 0 fully saturated rings. The predicted molar refractivity (Wildman–Crippen MR) is 75.8 cm³/mol. The van der Waals surface area contributed by atoms with E-state index in [1.807, 2.05) is 11.8 Å². The molecule has 1 aliphatic rings. The number of aliphatic hydroxyl groups excluding tert-OH is 1. The van der Waals surface area contributed by atoms with E-state index in [-0.39, 0.29) is 0 Å².